The molecule has 152 valence electrons. The van der Waals surface area contributed by atoms with Crippen LogP contribution in [0, 0.1) is 0 Å². The van der Waals surface area contributed by atoms with Crippen LogP contribution in [0.3, 0.4) is 0 Å². The molecular formula is C20H28N4O4. The second kappa shape index (κ2) is 10.1. The Balaban J connectivity index is 1.82. The average Bonchev–Trinajstić information content (AvgIpc) is 2.75. The van der Waals surface area contributed by atoms with E-state index in [0.717, 1.165) is 43.4 Å². The largest absolute Gasteiger partial charge is 0.493 e. The fourth-order valence-corrected chi connectivity index (χ4v) is 3.24. The number of morpholine rings is 1. The Morgan fingerprint density at radius 1 is 1.14 bits per heavy atom. The predicted octanol–water partition coefficient (Wildman–Crippen LogP) is 2.38. The van der Waals surface area contributed by atoms with Crippen molar-refractivity contribution >= 4 is 5.95 Å². The van der Waals surface area contributed by atoms with Crippen molar-refractivity contribution in [3.05, 3.63) is 36.0 Å². The third-order valence-electron chi connectivity index (χ3n) is 4.65. The van der Waals surface area contributed by atoms with E-state index >= 15 is 0 Å². The number of ether oxygens (including phenoxy) is 4. The molecule has 1 aromatic heterocycles. The number of benzene rings is 1. The van der Waals surface area contributed by atoms with Crippen molar-refractivity contribution in [3.63, 3.8) is 0 Å². The van der Waals surface area contributed by atoms with Crippen molar-refractivity contribution in [2.75, 3.05) is 59.0 Å². The lowest BCUT2D eigenvalue weighted by atomic mass is 10.0. The van der Waals surface area contributed by atoms with Crippen LogP contribution in [-0.4, -0.2) is 68.5 Å². The molecule has 1 N–H and O–H groups in total. The van der Waals surface area contributed by atoms with Gasteiger partial charge in [-0.25, -0.2) is 4.98 Å². The standard InChI is InChI=1S/C20H28N4O4/c1-4-28-17-6-5-15(13-18(17)25-2)16(24-9-11-27-12-10-24)14-22-20-21-8-7-19(23-20)26-3/h5-8,13,16H,4,9-12,14H2,1-3H3,(H,21,22,23). The zero-order valence-corrected chi connectivity index (χ0v) is 16.7. The van der Waals surface area contributed by atoms with Crippen molar-refractivity contribution in [1.82, 2.24) is 14.9 Å². The normalized spacial score (nSPS) is 15.7. The van der Waals surface area contributed by atoms with Crippen LogP contribution in [-0.2, 0) is 4.74 Å². The van der Waals surface area contributed by atoms with Crippen LogP contribution < -0.4 is 19.5 Å². The number of nitrogens with zero attached hydrogens (tertiary/aromatic N) is 3. The Bertz CT molecular complexity index is 753. The summed E-state index contributed by atoms with van der Waals surface area (Å²) in [6.07, 6.45) is 1.68. The van der Waals surface area contributed by atoms with Crippen LogP contribution in [0.4, 0.5) is 5.95 Å². The highest BCUT2D eigenvalue weighted by Crippen LogP contribution is 2.32. The van der Waals surface area contributed by atoms with E-state index in [1.54, 1.807) is 26.5 Å². The molecule has 0 radical (unpaired) electrons. The molecule has 1 aliphatic heterocycles. The number of hydrogen-bond acceptors (Lipinski definition) is 8. The number of aromatic nitrogens is 2. The second-order valence-electron chi connectivity index (χ2n) is 6.31. The Morgan fingerprint density at radius 3 is 2.68 bits per heavy atom. The van der Waals surface area contributed by atoms with E-state index in [0.29, 0.717) is 25.0 Å². The summed E-state index contributed by atoms with van der Waals surface area (Å²) in [4.78, 5) is 11.0. The van der Waals surface area contributed by atoms with Gasteiger partial charge >= 0.3 is 0 Å². The molecule has 1 unspecified atom stereocenters. The quantitative estimate of drug-likeness (QED) is 0.702. The van der Waals surface area contributed by atoms with Gasteiger partial charge in [0, 0.05) is 31.9 Å². The van der Waals surface area contributed by atoms with Gasteiger partial charge in [0.05, 0.1) is 40.1 Å². The molecule has 1 fully saturated rings. The van der Waals surface area contributed by atoms with E-state index in [9.17, 15) is 0 Å². The lowest BCUT2D eigenvalue weighted by Gasteiger charge is -2.35. The summed E-state index contributed by atoms with van der Waals surface area (Å²) < 4.78 is 21.9. The first kappa shape index (κ1) is 20.2. The summed E-state index contributed by atoms with van der Waals surface area (Å²) in [7, 11) is 3.25. The number of methoxy groups -OCH3 is 2. The first-order valence-corrected chi connectivity index (χ1v) is 9.48. The van der Waals surface area contributed by atoms with Crippen molar-refractivity contribution in [1.29, 1.82) is 0 Å². The third-order valence-corrected chi connectivity index (χ3v) is 4.65. The fraction of sp³-hybridized carbons (Fsp3) is 0.500. The van der Waals surface area contributed by atoms with Gasteiger partial charge in [0.25, 0.3) is 0 Å². The minimum absolute atomic E-state index is 0.114. The summed E-state index contributed by atoms with van der Waals surface area (Å²) in [5, 5.41) is 3.34. The number of anilines is 1. The van der Waals surface area contributed by atoms with Crippen molar-refractivity contribution in [2.45, 2.75) is 13.0 Å². The molecule has 1 aliphatic rings. The first-order valence-electron chi connectivity index (χ1n) is 9.48. The van der Waals surface area contributed by atoms with Crippen molar-refractivity contribution in [2.24, 2.45) is 0 Å². The molecule has 8 heteroatoms. The van der Waals surface area contributed by atoms with Gasteiger partial charge in [-0.1, -0.05) is 6.07 Å². The third kappa shape index (κ3) is 5.02. The van der Waals surface area contributed by atoms with Crippen LogP contribution in [0.5, 0.6) is 17.4 Å². The average molecular weight is 388 g/mol. The van der Waals surface area contributed by atoms with E-state index in [1.165, 1.54) is 0 Å². The van der Waals surface area contributed by atoms with Crippen LogP contribution in [0.2, 0.25) is 0 Å². The highest BCUT2D eigenvalue weighted by molar-refractivity contribution is 5.44. The van der Waals surface area contributed by atoms with Crippen molar-refractivity contribution in [3.8, 4) is 17.4 Å². The molecule has 2 heterocycles. The predicted molar refractivity (Wildman–Crippen MR) is 106 cm³/mol. The smallest absolute Gasteiger partial charge is 0.226 e. The van der Waals surface area contributed by atoms with Crippen LogP contribution in [0.25, 0.3) is 0 Å². The van der Waals surface area contributed by atoms with Crippen LogP contribution >= 0.6 is 0 Å². The molecule has 3 rings (SSSR count). The summed E-state index contributed by atoms with van der Waals surface area (Å²) in [5.74, 6) is 2.55. The zero-order valence-electron chi connectivity index (χ0n) is 16.7. The zero-order chi connectivity index (χ0) is 19.8. The first-order chi connectivity index (χ1) is 13.7. The van der Waals surface area contributed by atoms with Crippen molar-refractivity contribution < 1.29 is 18.9 Å². The monoisotopic (exact) mass is 388 g/mol. The number of rotatable bonds is 9. The molecule has 0 amide bonds. The van der Waals surface area contributed by atoms with E-state index in [-0.39, 0.29) is 6.04 Å². The minimum atomic E-state index is 0.114. The Kier molecular flexibility index (Phi) is 7.27. The van der Waals surface area contributed by atoms with Gasteiger partial charge in [-0.2, -0.15) is 4.98 Å². The SMILES string of the molecule is CCOc1ccc(C(CNc2nccc(OC)n2)N2CCOCC2)cc1OC. The van der Waals surface area contributed by atoms with Gasteiger partial charge in [-0.15, -0.1) is 0 Å². The van der Waals surface area contributed by atoms with E-state index < -0.39 is 0 Å². The number of hydrogen-bond donors (Lipinski definition) is 1. The molecule has 1 saturated heterocycles. The van der Waals surface area contributed by atoms with Gasteiger partial charge in [0.15, 0.2) is 11.5 Å². The van der Waals surface area contributed by atoms with Crippen LogP contribution in [0.15, 0.2) is 30.5 Å². The maximum atomic E-state index is 5.65. The second-order valence-corrected chi connectivity index (χ2v) is 6.31. The molecule has 1 atom stereocenters. The van der Waals surface area contributed by atoms with E-state index in [4.69, 9.17) is 18.9 Å². The Morgan fingerprint density at radius 2 is 1.96 bits per heavy atom. The van der Waals surface area contributed by atoms with Gasteiger partial charge in [0.1, 0.15) is 0 Å². The Labute approximate surface area is 165 Å². The van der Waals surface area contributed by atoms with E-state index in [2.05, 4.69) is 26.3 Å². The Hall–Kier alpha value is -2.58. The summed E-state index contributed by atoms with van der Waals surface area (Å²) in [5.41, 5.74) is 1.14. The highest BCUT2D eigenvalue weighted by atomic mass is 16.5. The maximum Gasteiger partial charge on any atom is 0.226 e. The minimum Gasteiger partial charge on any atom is -0.493 e. The lowest BCUT2D eigenvalue weighted by molar-refractivity contribution is 0.0186. The van der Waals surface area contributed by atoms with Gasteiger partial charge in [-0.3, -0.25) is 4.90 Å². The summed E-state index contributed by atoms with van der Waals surface area (Å²) >= 11 is 0. The molecule has 0 spiro atoms. The highest BCUT2D eigenvalue weighted by Gasteiger charge is 2.24. The molecule has 8 nitrogen and oxygen atoms in total. The molecule has 0 saturated carbocycles. The topological polar surface area (TPSA) is 78.0 Å². The lowest BCUT2D eigenvalue weighted by Crippen LogP contribution is -2.41. The van der Waals surface area contributed by atoms with Gasteiger partial charge < -0.3 is 24.3 Å². The number of nitrogens with one attached hydrogen (secondary N) is 1. The fourth-order valence-electron chi connectivity index (χ4n) is 3.24. The van der Waals surface area contributed by atoms with E-state index in [1.807, 2.05) is 19.1 Å². The van der Waals surface area contributed by atoms with Crippen LogP contribution in [0.1, 0.15) is 18.5 Å². The van der Waals surface area contributed by atoms with Gasteiger partial charge in [-0.05, 0) is 24.6 Å². The molecular weight excluding hydrogens is 360 g/mol. The molecule has 1 aromatic carbocycles. The maximum absolute atomic E-state index is 5.65. The summed E-state index contributed by atoms with van der Waals surface area (Å²) in [6.45, 7) is 6.37. The summed E-state index contributed by atoms with van der Waals surface area (Å²) in [6, 6.07) is 7.93. The molecule has 2 aromatic rings. The molecule has 0 aliphatic carbocycles. The van der Waals surface area contributed by atoms with Gasteiger partial charge in [0.2, 0.25) is 11.8 Å². The molecule has 28 heavy (non-hydrogen) atoms. The molecule has 0 bridgehead atoms.